The first-order chi connectivity index (χ1) is 5.33. The van der Waals surface area contributed by atoms with Gasteiger partial charge in [-0.05, 0) is 12.8 Å². The van der Waals surface area contributed by atoms with Crippen LogP contribution in [0.1, 0.15) is 13.3 Å². The van der Waals surface area contributed by atoms with E-state index in [1.54, 1.807) is 0 Å². The molecule has 0 bridgehead atoms. The quantitative estimate of drug-likeness (QED) is 0.743. The maximum atomic E-state index is 12.0. The van der Waals surface area contributed by atoms with Gasteiger partial charge in [0.2, 0.25) is 5.92 Å². The SMILES string of the molecule is CBr.CC(F)(F)C[C@H](N)C(=O)O. The standard InChI is InChI=1S/C5H9F2NO2.CH3Br/c1-5(6,7)2-3(8)4(9)10;1-2/h3H,2,8H2,1H3,(H,9,10);1H3/t3-;/m0./s1. The molecule has 0 amide bonds. The number of carbonyl (C=O) groups is 1. The number of carboxylic acid groups (broad SMARTS) is 1. The molecule has 0 unspecified atom stereocenters. The van der Waals surface area contributed by atoms with E-state index in [4.69, 9.17) is 10.8 Å². The minimum Gasteiger partial charge on any atom is -0.480 e. The predicted molar refractivity (Wildman–Crippen MR) is 45.7 cm³/mol. The largest absolute Gasteiger partial charge is 0.480 e. The number of hydrogen-bond acceptors (Lipinski definition) is 2. The Labute approximate surface area is 78.1 Å². The fourth-order valence-electron chi connectivity index (χ4n) is 0.473. The first kappa shape index (κ1) is 14.3. The van der Waals surface area contributed by atoms with Crippen LogP contribution in [0.4, 0.5) is 8.78 Å². The van der Waals surface area contributed by atoms with Crippen molar-refractivity contribution in [2.45, 2.75) is 25.3 Å². The van der Waals surface area contributed by atoms with Gasteiger partial charge in [0.05, 0.1) is 0 Å². The van der Waals surface area contributed by atoms with E-state index in [-0.39, 0.29) is 0 Å². The fourth-order valence-corrected chi connectivity index (χ4v) is 0.473. The molecule has 0 spiro atoms. The molecule has 1 atom stereocenters. The van der Waals surface area contributed by atoms with Gasteiger partial charge in [-0.25, -0.2) is 8.78 Å². The maximum absolute atomic E-state index is 12.0. The molecule has 0 radical (unpaired) electrons. The molecule has 0 rings (SSSR count). The second-order valence-electron chi connectivity index (χ2n) is 2.22. The van der Waals surface area contributed by atoms with Crippen molar-refractivity contribution in [2.24, 2.45) is 5.73 Å². The Hall–Kier alpha value is -0.230. The average Bonchev–Trinajstić information content (AvgIpc) is 1.88. The van der Waals surface area contributed by atoms with Crippen LogP contribution in [0.15, 0.2) is 0 Å². The van der Waals surface area contributed by atoms with Gasteiger partial charge in [-0.15, -0.1) is 0 Å². The van der Waals surface area contributed by atoms with E-state index < -0.39 is 24.4 Å². The number of nitrogens with two attached hydrogens (primary N) is 1. The summed E-state index contributed by atoms with van der Waals surface area (Å²) in [5.41, 5.74) is 4.82. The van der Waals surface area contributed by atoms with Gasteiger partial charge in [0.1, 0.15) is 6.04 Å². The van der Waals surface area contributed by atoms with Crippen molar-refractivity contribution in [2.75, 3.05) is 5.83 Å². The highest BCUT2D eigenvalue weighted by atomic mass is 79.9. The van der Waals surface area contributed by atoms with Gasteiger partial charge in [-0.1, -0.05) is 15.9 Å². The molecule has 0 heterocycles. The molecule has 0 aromatic carbocycles. The third-order valence-corrected chi connectivity index (χ3v) is 0.896. The summed E-state index contributed by atoms with van der Waals surface area (Å²) in [5, 5.41) is 8.09. The summed E-state index contributed by atoms with van der Waals surface area (Å²) in [6, 6.07) is -1.47. The summed E-state index contributed by atoms with van der Waals surface area (Å²) in [4.78, 5) is 9.92. The van der Waals surface area contributed by atoms with Crippen LogP contribution in [0.2, 0.25) is 0 Å². The number of carboxylic acids is 1. The molecule has 0 fully saturated rings. The lowest BCUT2D eigenvalue weighted by Gasteiger charge is -2.12. The van der Waals surface area contributed by atoms with E-state index in [0.717, 1.165) is 0 Å². The van der Waals surface area contributed by atoms with Crippen LogP contribution >= 0.6 is 15.9 Å². The molecule has 0 aliphatic heterocycles. The van der Waals surface area contributed by atoms with Gasteiger partial charge in [-0.3, -0.25) is 4.79 Å². The molecule has 3 N–H and O–H groups in total. The highest BCUT2D eigenvalue weighted by Gasteiger charge is 2.28. The zero-order valence-electron chi connectivity index (χ0n) is 6.85. The molecule has 3 nitrogen and oxygen atoms in total. The van der Waals surface area contributed by atoms with E-state index in [2.05, 4.69) is 15.9 Å². The van der Waals surface area contributed by atoms with Crippen molar-refractivity contribution in [3.63, 3.8) is 0 Å². The summed E-state index contributed by atoms with van der Waals surface area (Å²) in [6.07, 6.45) is -0.817. The van der Waals surface area contributed by atoms with E-state index in [1.807, 2.05) is 5.83 Å². The number of aliphatic carboxylic acids is 1. The highest BCUT2D eigenvalue weighted by Crippen LogP contribution is 2.17. The smallest absolute Gasteiger partial charge is 0.320 e. The molecule has 0 aliphatic carbocycles. The lowest BCUT2D eigenvalue weighted by Crippen LogP contribution is -2.35. The summed E-state index contributed by atoms with van der Waals surface area (Å²) in [7, 11) is 0. The minimum absolute atomic E-state index is 0.635. The van der Waals surface area contributed by atoms with Gasteiger partial charge in [-0.2, -0.15) is 0 Å². The molecular formula is C6H12BrF2NO2. The van der Waals surface area contributed by atoms with E-state index in [0.29, 0.717) is 6.92 Å². The van der Waals surface area contributed by atoms with Gasteiger partial charge < -0.3 is 10.8 Å². The second-order valence-corrected chi connectivity index (χ2v) is 2.22. The first-order valence-electron chi connectivity index (χ1n) is 3.07. The van der Waals surface area contributed by atoms with Crippen molar-refractivity contribution in [1.29, 1.82) is 0 Å². The Balaban J connectivity index is 0. The monoisotopic (exact) mass is 247 g/mol. The predicted octanol–water partition coefficient (Wildman–Crippen LogP) is 1.45. The third-order valence-electron chi connectivity index (χ3n) is 0.896. The normalized spacial score (nSPS) is 12.8. The number of hydrogen-bond donors (Lipinski definition) is 2. The molecule has 74 valence electrons. The summed E-state index contributed by atoms with van der Waals surface area (Å²) in [6.45, 7) is 0.635. The van der Waals surface area contributed by atoms with Gasteiger partial charge in [0, 0.05) is 6.42 Å². The minimum atomic E-state index is -3.00. The van der Waals surface area contributed by atoms with Crippen LogP contribution in [0.25, 0.3) is 0 Å². The van der Waals surface area contributed by atoms with Gasteiger partial charge >= 0.3 is 5.97 Å². The summed E-state index contributed by atoms with van der Waals surface area (Å²) >= 11 is 2.94. The average molecular weight is 248 g/mol. The van der Waals surface area contributed by atoms with Crippen molar-refractivity contribution in [1.82, 2.24) is 0 Å². The van der Waals surface area contributed by atoms with Crippen LogP contribution in [-0.4, -0.2) is 28.9 Å². The summed E-state index contributed by atoms with van der Waals surface area (Å²) in [5.74, 6) is -2.59. The molecule has 0 aliphatic rings. The number of alkyl halides is 3. The molecule has 0 saturated carbocycles. The molecule has 0 aromatic heterocycles. The molecular weight excluding hydrogens is 236 g/mol. The van der Waals surface area contributed by atoms with Crippen LogP contribution in [0.3, 0.4) is 0 Å². The van der Waals surface area contributed by atoms with Crippen LogP contribution in [-0.2, 0) is 4.79 Å². The molecule has 12 heavy (non-hydrogen) atoms. The lowest BCUT2D eigenvalue weighted by atomic mass is 10.1. The third kappa shape index (κ3) is 9.77. The zero-order chi connectivity index (χ0) is 10.4. The zero-order valence-corrected chi connectivity index (χ0v) is 8.44. The topological polar surface area (TPSA) is 63.3 Å². The van der Waals surface area contributed by atoms with Crippen LogP contribution in [0, 0.1) is 0 Å². The van der Waals surface area contributed by atoms with Gasteiger partial charge in [0.15, 0.2) is 0 Å². The molecule has 6 heteroatoms. The van der Waals surface area contributed by atoms with Crippen LogP contribution < -0.4 is 5.73 Å². The Bertz CT molecular complexity index is 138. The molecule has 0 saturated heterocycles. The van der Waals surface area contributed by atoms with Crippen molar-refractivity contribution >= 4 is 21.9 Å². The lowest BCUT2D eigenvalue weighted by molar-refractivity contribution is -0.140. The van der Waals surface area contributed by atoms with Crippen molar-refractivity contribution in [3.05, 3.63) is 0 Å². The summed E-state index contributed by atoms with van der Waals surface area (Å²) < 4.78 is 24.0. The Morgan fingerprint density at radius 1 is 1.67 bits per heavy atom. The van der Waals surface area contributed by atoms with E-state index >= 15 is 0 Å². The molecule has 0 aromatic rings. The number of halogens is 3. The second kappa shape index (κ2) is 6.30. The Morgan fingerprint density at radius 2 is 2.00 bits per heavy atom. The fraction of sp³-hybridized carbons (Fsp3) is 0.833. The van der Waals surface area contributed by atoms with Crippen LogP contribution in [0.5, 0.6) is 0 Å². The van der Waals surface area contributed by atoms with Crippen molar-refractivity contribution < 1.29 is 18.7 Å². The van der Waals surface area contributed by atoms with E-state index in [1.165, 1.54) is 0 Å². The Kier molecular flexibility index (Phi) is 7.51. The van der Waals surface area contributed by atoms with E-state index in [9.17, 15) is 13.6 Å². The number of rotatable bonds is 3. The maximum Gasteiger partial charge on any atom is 0.320 e. The van der Waals surface area contributed by atoms with Gasteiger partial charge in [0.25, 0.3) is 0 Å². The Morgan fingerprint density at radius 3 is 2.08 bits per heavy atom. The van der Waals surface area contributed by atoms with Crippen molar-refractivity contribution in [3.8, 4) is 0 Å². The highest BCUT2D eigenvalue weighted by molar-refractivity contribution is 9.08. The first-order valence-corrected chi connectivity index (χ1v) is 4.65.